The van der Waals surface area contributed by atoms with Gasteiger partial charge in [-0.3, -0.25) is 0 Å². The standard InChI is InChI=1S/C13H8Br2FN5/c14-9-3-1-7(5-12(9)17)13-18-19-20-21(13)8-2-4-11(16)10(15)6-8/h1-6H,17H2. The number of aromatic nitrogens is 4. The molecule has 1 aromatic heterocycles. The summed E-state index contributed by atoms with van der Waals surface area (Å²) in [5, 5.41) is 11.6. The van der Waals surface area contributed by atoms with Crippen molar-refractivity contribution in [2.24, 2.45) is 0 Å². The number of hydrogen-bond acceptors (Lipinski definition) is 4. The van der Waals surface area contributed by atoms with Crippen molar-refractivity contribution in [3.8, 4) is 17.1 Å². The molecule has 0 amide bonds. The lowest BCUT2D eigenvalue weighted by molar-refractivity contribution is 0.620. The van der Waals surface area contributed by atoms with E-state index < -0.39 is 0 Å². The molecule has 0 saturated carbocycles. The van der Waals surface area contributed by atoms with Crippen LogP contribution in [0, 0.1) is 5.82 Å². The molecule has 8 heteroatoms. The van der Waals surface area contributed by atoms with Gasteiger partial charge in [0, 0.05) is 15.7 Å². The third kappa shape index (κ3) is 2.68. The second-order valence-electron chi connectivity index (χ2n) is 4.25. The van der Waals surface area contributed by atoms with Gasteiger partial charge in [0.2, 0.25) is 0 Å². The fourth-order valence-corrected chi connectivity index (χ4v) is 2.45. The summed E-state index contributed by atoms with van der Waals surface area (Å²) < 4.78 is 16.0. The molecule has 0 aliphatic carbocycles. The molecule has 0 aliphatic heterocycles. The molecule has 0 unspecified atom stereocenters. The number of nitrogens with two attached hydrogens (primary N) is 1. The quantitative estimate of drug-likeness (QED) is 0.653. The number of hydrogen-bond donors (Lipinski definition) is 1. The fourth-order valence-electron chi connectivity index (χ4n) is 1.84. The van der Waals surface area contributed by atoms with E-state index in [2.05, 4.69) is 47.4 Å². The van der Waals surface area contributed by atoms with E-state index in [0.29, 0.717) is 21.7 Å². The smallest absolute Gasteiger partial charge is 0.187 e. The number of halogens is 3. The summed E-state index contributed by atoms with van der Waals surface area (Å²) in [5.41, 5.74) is 7.87. The van der Waals surface area contributed by atoms with Crippen molar-refractivity contribution in [3.63, 3.8) is 0 Å². The molecule has 1 heterocycles. The highest BCUT2D eigenvalue weighted by atomic mass is 79.9. The molecular weight excluding hydrogens is 405 g/mol. The Morgan fingerprint density at radius 1 is 1.05 bits per heavy atom. The Kier molecular flexibility index (Phi) is 3.73. The third-order valence-corrected chi connectivity index (χ3v) is 4.20. The maximum Gasteiger partial charge on any atom is 0.187 e. The van der Waals surface area contributed by atoms with Crippen molar-refractivity contribution in [1.29, 1.82) is 0 Å². The number of benzene rings is 2. The average Bonchev–Trinajstić information content (AvgIpc) is 2.94. The molecule has 0 fully saturated rings. The van der Waals surface area contributed by atoms with Gasteiger partial charge in [-0.05, 0) is 78.7 Å². The normalized spacial score (nSPS) is 10.8. The largest absolute Gasteiger partial charge is 0.398 e. The molecule has 2 aromatic carbocycles. The molecule has 3 aromatic rings. The van der Waals surface area contributed by atoms with Crippen LogP contribution in [0.2, 0.25) is 0 Å². The highest BCUT2D eigenvalue weighted by molar-refractivity contribution is 9.10. The van der Waals surface area contributed by atoms with E-state index in [1.54, 1.807) is 18.2 Å². The SMILES string of the molecule is Nc1cc(-c2nnnn2-c2ccc(F)c(Br)c2)ccc1Br. The number of rotatable bonds is 2. The van der Waals surface area contributed by atoms with Crippen LogP contribution in [0.3, 0.4) is 0 Å². The van der Waals surface area contributed by atoms with Gasteiger partial charge >= 0.3 is 0 Å². The molecule has 0 bridgehead atoms. The summed E-state index contributed by atoms with van der Waals surface area (Å²) in [5.74, 6) is 0.175. The van der Waals surface area contributed by atoms with Crippen molar-refractivity contribution >= 4 is 37.5 Å². The minimum Gasteiger partial charge on any atom is -0.398 e. The molecule has 5 nitrogen and oxygen atoms in total. The van der Waals surface area contributed by atoms with E-state index in [4.69, 9.17) is 5.73 Å². The van der Waals surface area contributed by atoms with E-state index in [1.807, 2.05) is 12.1 Å². The molecule has 106 valence electrons. The van der Waals surface area contributed by atoms with Gasteiger partial charge in [-0.1, -0.05) is 0 Å². The van der Waals surface area contributed by atoms with Gasteiger partial charge in [0.1, 0.15) is 5.82 Å². The number of anilines is 1. The van der Waals surface area contributed by atoms with Crippen LogP contribution in [-0.2, 0) is 0 Å². The molecule has 0 saturated heterocycles. The highest BCUT2D eigenvalue weighted by Crippen LogP contribution is 2.27. The van der Waals surface area contributed by atoms with Crippen molar-refractivity contribution in [3.05, 3.63) is 51.2 Å². The molecule has 0 radical (unpaired) electrons. The lowest BCUT2D eigenvalue weighted by Gasteiger charge is -2.07. The van der Waals surface area contributed by atoms with Crippen LogP contribution in [0.4, 0.5) is 10.1 Å². The van der Waals surface area contributed by atoms with Gasteiger partial charge in [-0.25, -0.2) is 4.39 Å². The van der Waals surface area contributed by atoms with Crippen LogP contribution in [0.5, 0.6) is 0 Å². The second-order valence-corrected chi connectivity index (χ2v) is 5.96. The summed E-state index contributed by atoms with van der Waals surface area (Å²) >= 11 is 6.49. The zero-order valence-corrected chi connectivity index (χ0v) is 13.6. The predicted octanol–water partition coefficient (Wildman–Crippen LogP) is 3.58. The van der Waals surface area contributed by atoms with Gasteiger partial charge < -0.3 is 5.73 Å². The first-order valence-electron chi connectivity index (χ1n) is 5.85. The van der Waals surface area contributed by atoms with E-state index in [0.717, 1.165) is 10.0 Å². The molecular formula is C13H8Br2FN5. The van der Waals surface area contributed by atoms with Crippen LogP contribution >= 0.6 is 31.9 Å². The molecule has 21 heavy (non-hydrogen) atoms. The van der Waals surface area contributed by atoms with Gasteiger partial charge in [0.25, 0.3) is 0 Å². The monoisotopic (exact) mass is 411 g/mol. The first kappa shape index (κ1) is 14.2. The number of nitrogen functional groups attached to an aromatic ring is 1. The van der Waals surface area contributed by atoms with Crippen LogP contribution in [0.25, 0.3) is 17.1 Å². The molecule has 3 rings (SSSR count). The molecule has 2 N–H and O–H groups in total. The van der Waals surface area contributed by atoms with Crippen LogP contribution in [0.15, 0.2) is 45.3 Å². The Morgan fingerprint density at radius 2 is 1.86 bits per heavy atom. The third-order valence-electron chi connectivity index (χ3n) is 2.87. The van der Waals surface area contributed by atoms with Crippen LogP contribution in [-0.4, -0.2) is 20.2 Å². The van der Waals surface area contributed by atoms with Crippen molar-refractivity contribution in [2.75, 3.05) is 5.73 Å². The maximum absolute atomic E-state index is 13.3. The van der Waals surface area contributed by atoms with Gasteiger partial charge in [-0.15, -0.1) is 5.10 Å². The number of tetrazole rings is 1. The Hall–Kier alpha value is -1.80. The Labute approximate surface area is 136 Å². The summed E-state index contributed by atoms with van der Waals surface area (Å²) in [7, 11) is 0. The minimum atomic E-state index is -0.346. The Morgan fingerprint density at radius 3 is 2.57 bits per heavy atom. The maximum atomic E-state index is 13.3. The molecule has 0 aliphatic rings. The van der Waals surface area contributed by atoms with E-state index in [9.17, 15) is 4.39 Å². The van der Waals surface area contributed by atoms with Gasteiger partial charge in [0.15, 0.2) is 5.82 Å². The van der Waals surface area contributed by atoms with E-state index in [1.165, 1.54) is 10.7 Å². The topological polar surface area (TPSA) is 69.6 Å². The summed E-state index contributed by atoms with van der Waals surface area (Å²) in [6.07, 6.45) is 0. The molecule has 0 atom stereocenters. The Bertz CT molecular complexity index is 752. The van der Waals surface area contributed by atoms with Crippen molar-refractivity contribution < 1.29 is 4.39 Å². The average molecular weight is 413 g/mol. The summed E-state index contributed by atoms with van der Waals surface area (Å²) in [6.45, 7) is 0. The minimum absolute atomic E-state index is 0.344. The van der Waals surface area contributed by atoms with Crippen molar-refractivity contribution in [1.82, 2.24) is 20.2 Å². The van der Waals surface area contributed by atoms with Crippen molar-refractivity contribution in [2.45, 2.75) is 0 Å². The van der Waals surface area contributed by atoms with E-state index in [-0.39, 0.29) is 5.82 Å². The fraction of sp³-hybridized carbons (Fsp3) is 0. The first-order chi connectivity index (χ1) is 10.1. The van der Waals surface area contributed by atoms with Gasteiger partial charge in [-0.2, -0.15) is 4.68 Å². The predicted molar refractivity (Wildman–Crippen MR) is 84.4 cm³/mol. The Balaban J connectivity index is 2.12. The van der Waals surface area contributed by atoms with E-state index >= 15 is 0 Å². The highest BCUT2D eigenvalue weighted by Gasteiger charge is 2.13. The van der Waals surface area contributed by atoms with Crippen LogP contribution < -0.4 is 5.73 Å². The zero-order valence-electron chi connectivity index (χ0n) is 10.5. The lowest BCUT2D eigenvalue weighted by Crippen LogP contribution is -2.01. The number of nitrogens with zero attached hydrogens (tertiary/aromatic N) is 4. The lowest BCUT2D eigenvalue weighted by atomic mass is 10.2. The van der Waals surface area contributed by atoms with Crippen LogP contribution in [0.1, 0.15) is 0 Å². The zero-order chi connectivity index (χ0) is 15.0. The summed E-state index contributed by atoms with van der Waals surface area (Å²) in [4.78, 5) is 0. The first-order valence-corrected chi connectivity index (χ1v) is 7.44. The van der Waals surface area contributed by atoms with Gasteiger partial charge in [0.05, 0.1) is 10.2 Å². The molecule has 0 spiro atoms. The summed E-state index contributed by atoms with van der Waals surface area (Å²) in [6, 6.07) is 10.00. The second kappa shape index (κ2) is 5.53.